The van der Waals surface area contributed by atoms with Crippen molar-refractivity contribution in [3.63, 3.8) is 0 Å². The summed E-state index contributed by atoms with van der Waals surface area (Å²) in [4.78, 5) is 10.7. The van der Waals surface area contributed by atoms with E-state index in [4.69, 9.17) is 10.8 Å². The summed E-state index contributed by atoms with van der Waals surface area (Å²) >= 11 is 0. The molecule has 0 atom stereocenters. The SMILES string of the molecule is Nc1cccc(-c2ccc(C(=O)O)cc2)c1. The van der Waals surface area contributed by atoms with Gasteiger partial charge >= 0.3 is 5.97 Å². The lowest BCUT2D eigenvalue weighted by molar-refractivity contribution is 0.0697. The molecule has 0 fully saturated rings. The third kappa shape index (κ3) is 2.03. The van der Waals surface area contributed by atoms with Gasteiger partial charge in [0.1, 0.15) is 0 Å². The fraction of sp³-hybridized carbons (Fsp3) is 0. The number of anilines is 1. The average Bonchev–Trinajstić information content (AvgIpc) is 2.29. The zero-order valence-corrected chi connectivity index (χ0v) is 8.55. The first-order valence-corrected chi connectivity index (χ1v) is 4.86. The highest BCUT2D eigenvalue weighted by Gasteiger charge is 2.02. The van der Waals surface area contributed by atoms with Crippen LogP contribution < -0.4 is 5.73 Å². The van der Waals surface area contributed by atoms with Gasteiger partial charge in [-0.3, -0.25) is 0 Å². The lowest BCUT2D eigenvalue weighted by Gasteiger charge is -2.03. The molecule has 0 aliphatic carbocycles. The third-order valence-electron chi connectivity index (χ3n) is 2.35. The minimum atomic E-state index is -0.917. The number of hydrogen-bond donors (Lipinski definition) is 2. The number of benzene rings is 2. The maximum absolute atomic E-state index is 10.7. The standard InChI is InChI=1S/C13H11NO2/c14-12-3-1-2-11(8-12)9-4-6-10(7-5-9)13(15)16/h1-8H,14H2,(H,15,16). The molecule has 0 radical (unpaired) electrons. The number of rotatable bonds is 2. The Morgan fingerprint density at radius 1 is 1.00 bits per heavy atom. The second-order valence-corrected chi connectivity index (χ2v) is 3.51. The van der Waals surface area contributed by atoms with Crippen LogP contribution in [-0.2, 0) is 0 Å². The number of carboxylic acids is 1. The van der Waals surface area contributed by atoms with Crippen molar-refractivity contribution >= 4 is 11.7 Å². The molecule has 2 aromatic rings. The lowest BCUT2D eigenvalue weighted by Crippen LogP contribution is -1.95. The van der Waals surface area contributed by atoms with Gasteiger partial charge in [0.25, 0.3) is 0 Å². The molecule has 0 spiro atoms. The van der Waals surface area contributed by atoms with E-state index < -0.39 is 5.97 Å². The predicted octanol–water partition coefficient (Wildman–Crippen LogP) is 2.63. The van der Waals surface area contributed by atoms with Gasteiger partial charge in [0.2, 0.25) is 0 Å². The molecule has 0 aromatic heterocycles. The van der Waals surface area contributed by atoms with Crippen molar-refractivity contribution in [1.82, 2.24) is 0 Å². The highest BCUT2D eigenvalue weighted by molar-refractivity contribution is 5.88. The largest absolute Gasteiger partial charge is 0.478 e. The highest BCUT2D eigenvalue weighted by atomic mass is 16.4. The molecule has 2 aromatic carbocycles. The molecule has 0 heterocycles. The van der Waals surface area contributed by atoms with E-state index in [0.717, 1.165) is 11.1 Å². The van der Waals surface area contributed by atoms with Crippen molar-refractivity contribution in [2.75, 3.05) is 5.73 Å². The number of carboxylic acid groups (broad SMARTS) is 1. The summed E-state index contributed by atoms with van der Waals surface area (Å²) in [7, 11) is 0. The summed E-state index contributed by atoms with van der Waals surface area (Å²) < 4.78 is 0. The third-order valence-corrected chi connectivity index (χ3v) is 2.35. The Morgan fingerprint density at radius 3 is 2.25 bits per heavy atom. The van der Waals surface area contributed by atoms with Crippen molar-refractivity contribution in [3.8, 4) is 11.1 Å². The minimum Gasteiger partial charge on any atom is -0.478 e. The number of carbonyl (C=O) groups is 1. The molecular weight excluding hydrogens is 202 g/mol. The van der Waals surface area contributed by atoms with Gasteiger partial charge in [0.05, 0.1) is 5.56 Å². The van der Waals surface area contributed by atoms with Crippen LogP contribution in [0.2, 0.25) is 0 Å². The van der Waals surface area contributed by atoms with Crippen LogP contribution in [0.1, 0.15) is 10.4 Å². The van der Waals surface area contributed by atoms with Gasteiger partial charge in [0.15, 0.2) is 0 Å². The monoisotopic (exact) mass is 213 g/mol. The van der Waals surface area contributed by atoms with Gasteiger partial charge in [-0.15, -0.1) is 0 Å². The Balaban J connectivity index is 2.38. The van der Waals surface area contributed by atoms with E-state index >= 15 is 0 Å². The first-order chi connectivity index (χ1) is 7.66. The average molecular weight is 213 g/mol. The molecule has 0 aliphatic rings. The summed E-state index contributed by atoms with van der Waals surface area (Å²) in [6.07, 6.45) is 0. The van der Waals surface area contributed by atoms with Gasteiger partial charge < -0.3 is 10.8 Å². The van der Waals surface area contributed by atoms with Crippen molar-refractivity contribution in [2.45, 2.75) is 0 Å². The number of nitrogen functional groups attached to an aromatic ring is 1. The zero-order chi connectivity index (χ0) is 11.5. The van der Waals surface area contributed by atoms with Gasteiger partial charge in [-0.2, -0.15) is 0 Å². The van der Waals surface area contributed by atoms with E-state index in [0.29, 0.717) is 5.69 Å². The number of nitrogens with two attached hydrogens (primary N) is 1. The Kier molecular flexibility index (Phi) is 2.60. The minimum absolute atomic E-state index is 0.285. The second-order valence-electron chi connectivity index (χ2n) is 3.51. The van der Waals surface area contributed by atoms with Gasteiger partial charge in [0, 0.05) is 5.69 Å². The van der Waals surface area contributed by atoms with Crippen LogP contribution in [0.4, 0.5) is 5.69 Å². The van der Waals surface area contributed by atoms with Crippen LogP contribution in [-0.4, -0.2) is 11.1 Å². The molecule has 0 aliphatic heterocycles. The van der Waals surface area contributed by atoms with Crippen LogP contribution >= 0.6 is 0 Å². The Labute approximate surface area is 93.1 Å². The van der Waals surface area contributed by atoms with Crippen molar-refractivity contribution in [2.24, 2.45) is 0 Å². The molecule has 0 unspecified atom stereocenters. The molecule has 3 nitrogen and oxygen atoms in total. The maximum atomic E-state index is 10.7. The lowest BCUT2D eigenvalue weighted by atomic mass is 10.0. The summed E-state index contributed by atoms with van der Waals surface area (Å²) in [6, 6.07) is 14.2. The molecule has 2 rings (SSSR count). The summed E-state index contributed by atoms with van der Waals surface area (Å²) in [5.74, 6) is -0.917. The molecule has 0 bridgehead atoms. The normalized spacial score (nSPS) is 10.0. The van der Waals surface area contributed by atoms with E-state index in [2.05, 4.69) is 0 Å². The van der Waals surface area contributed by atoms with Crippen LogP contribution in [0, 0.1) is 0 Å². The van der Waals surface area contributed by atoms with Crippen LogP contribution in [0.25, 0.3) is 11.1 Å². The Hall–Kier alpha value is -2.29. The summed E-state index contributed by atoms with van der Waals surface area (Å²) in [5.41, 5.74) is 8.60. The molecule has 0 saturated heterocycles. The van der Waals surface area contributed by atoms with E-state index in [1.807, 2.05) is 24.3 Å². The highest BCUT2D eigenvalue weighted by Crippen LogP contribution is 2.21. The number of aromatic carboxylic acids is 1. The molecule has 16 heavy (non-hydrogen) atoms. The van der Waals surface area contributed by atoms with Gasteiger partial charge in [-0.25, -0.2) is 4.79 Å². The molecular formula is C13H11NO2. The molecule has 80 valence electrons. The van der Waals surface area contributed by atoms with E-state index in [1.165, 1.54) is 0 Å². The maximum Gasteiger partial charge on any atom is 0.335 e. The first-order valence-electron chi connectivity index (χ1n) is 4.86. The van der Waals surface area contributed by atoms with Crippen molar-refractivity contribution in [3.05, 3.63) is 54.1 Å². The zero-order valence-electron chi connectivity index (χ0n) is 8.55. The van der Waals surface area contributed by atoms with Crippen molar-refractivity contribution < 1.29 is 9.90 Å². The first kappa shape index (κ1) is 10.2. The Morgan fingerprint density at radius 2 is 1.69 bits per heavy atom. The second kappa shape index (κ2) is 4.06. The smallest absolute Gasteiger partial charge is 0.335 e. The quantitative estimate of drug-likeness (QED) is 0.754. The van der Waals surface area contributed by atoms with Crippen molar-refractivity contribution in [1.29, 1.82) is 0 Å². The van der Waals surface area contributed by atoms with Gasteiger partial charge in [-0.1, -0.05) is 24.3 Å². The van der Waals surface area contributed by atoms with Crippen LogP contribution in [0.15, 0.2) is 48.5 Å². The number of hydrogen-bond acceptors (Lipinski definition) is 2. The predicted molar refractivity (Wildman–Crippen MR) is 63.2 cm³/mol. The molecule has 3 N–H and O–H groups in total. The fourth-order valence-corrected chi connectivity index (χ4v) is 1.52. The van der Waals surface area contributed by atoms with E-state index in [1.54, 1.807) is 24.3 Å². The van der Waals surface area contributed by atoms with Gasteiger partial charge in [-0.05, 0) is 35.4 Å². The molecule has 0 saturated carbocycles. The van der Waals surface area contributed by atoms with Crippen LogP contribution in [0.5, 0.6) is 0 Å². The summed E-state index contributed by atoms with van der Waals surface area (Å²) in [6.45, 7) is 0. The van der Waals surface area contributed by atoms with Crippen LogP contribution in [0.3, 0.4) is 0 Å². The van der Waals surface area contributed by atoms with E-state index in [9.17, 15) is 4.79 Å². The summed E-state index contributed by atoms with van der Waals surface area (Å²) in [5, 5.41) is 8.77. The molecule has 0 amide bonds. The topological polar surface area (TPSA) is 63.3 Å². The fourth-order valence-electron chi connectivity index (χ4n) is 1.52. The Bertz CT molecular complexity index is 518. The van der Waals surface area contributed by atoms with E-state index in [-0.39, 0.29) is 5.56 Å². The molecule has 3 heteroatoms.